The van der Waals surface area contributed by atoms with E-state index in [0.29, 0.717) is 6.04 Å². The molecule has 0 aliphatic carbocycles. The van der Waals surface area contributed by atoms with Gasteiger partial charge >= 0.3 is 0 Å². The third-order valence-electron chi connectivity index (χ3n) is 3.99. The Kier molecular flexibility index (Phi) is 9.68. The average Bonchev–Trinajstić information content (AvgIpc) is 2.34. The number of unbranched alkanes of at least 4 members (excludes halogenated alkanes) is 5. The van der Waals surface area contributed by atoms with E-state index in [9.17, 15) is 0 Å². The van der Waals surface area contributed by atoms with Crippen LogP contribution >= 0.6 is 0 Å². The van der Waals surface area contributed by atoms with Gasteiger partial charge in [-0.2, -0.15) is 0 Å². The van der Waals surface area contributed by atoms with Crippen LogP contribution in [-0.2, 0) is 0 Å². The monoisotopic (exact) mass is 251 g/mol. The summed E-state index contributed by atoms with van der Waals surface area (Å²) in [4.78, 5) is 2.54. The average molecular weight is 251 g/mol. The maximum atomic E-state index is 6.00. The predicted octanol–water partition coefficient (Wildman–Crippen LogP) is 3.59. The van der Waals surface area contributed by atoms with Crippen LogP contribution in [0, 0.1) is 0 Å². The van der Waals surface area contributed by atoms with Crippen molar-refractivity contribution in [3.63, 3.8) is 0 Å². The summed E-state index contributed by atoms with van der Waals surface area (Å²) in [7, 11) is 2.46. The highest BCUT2D eigenvalue weighted by Gasteiger charge is 2.12. The number of nitrogens with zero attached hydrogens (tertiary/aromatic N) is 1. The second-order valence-corrected chi connectivity index (χ2v) is 5.82. The van der Waals surface area contributed by atoms with Crippen LogP contribution in [-0.4, -0.2) is 31.4 Å². The lowest BCUT2D eigenvalue weighted by Crippen LogP contribution is -2.34. The van der Waals surface area contributed by atoms with Crippen molar-refractivity contribution in [3.05, 3.63) is 0 Å². The standard InChI is InChI=1S/C15H32BN2/c1-2-3-4-5-6-7-12-16-18-13-8-10-15(17)11-9-14-18/h15H,2-14,17H2,1H3. The first kappa shape index (κ1) is 16.0. The Morgan fingerprint density at radius 2 is 1.61 bits per heavy atom. The smallest absolute Gasteiger partial charge is 0.208 e. The molecule has 1 radical (unpaired) electrons. The van der Waals surface area contributed by atoms with Crippen LogP contribution in [0.2, 0.25) is 6.32 Å². The molecule has 1 rings (SSSR count). The fourth-order valence-corrected chi connectivity index (χ4v) is 2.75. The highest BCUT2D eigenvalue weighted by atomic mass is 15.0. The molecule has 105 valence electrons. The van der Waals surface area contributed by atoms with Crippen LogP contribution in [0.5, 0.6) is 0 Å². The zero-order chi connectivity index (χ0) is 13.1. The van der Waals surface area contributed by atoms with Gasteiger partial charge in [0.2, 0.25) is 7.41 Å². The van der Waals surface area contributed by atoms with Gasteiger partial charge in [-0.05, 0) is 38.8 Å². The minimum atomic E-state index is 0.464. The van der Waals surface area contributed by atoms with E-state index in [1.165, 1.54) is 83.6 Å². The van der Waals surface area contributed by atoms with Crippen LogP contribution in [0.3, 0.4) is 0 Å². The van der Waals surface area contributed by atoms with Gasteiger partial charge in [0.25, 0.3) is 0 Å². The van der Waals surface area contributed by atoms with Crippen molar-refractivity contribution in [2.45, 2.75) is 83.5 Å². The van der Waals surface area contributed by atoms with Crippen molar-refractivity contribution in [2.75, 3.05) is 13.1 Å². The van der Waals surface area contributed by atoms with Crippen molar-refractivity contribution in [1.29, 1.82) is 0 Å². The Labute approximate surface area is 115 Å². The van der Waals surface area contributed by atoms with Gasteiger partial charge in [0, 0.05) is 6.04 Å². The normalized spacial score (nSPS) is 19.4. The molecule has 0 aromatic rings. The molecule has 1 aliphatic rings. The van der Waals surface area contributed by atoms with Gasteiger partial charge in [0.05, 0.1) is 0 Å². The summed E-state index contributed by atoms with van der Waals surface area (Å²) in [6, 6.07) is 0.464. The van der Waals surface area contributed by atoms with Crippen molar-refractivity contribution < 1.29 is 0 Å². The van der Waals surface area contributed by atoms with Gasteiger partial charge in [-0.15, -0.1) is 0 Å². The van der Waals surface area contributed by atoms with Crippen LogP contribution in [0.25, 0.3) is 0 Å². The lowest BCUT2D eigenvalue weighted by molar-refractivity contribution is 0.357. The topological polar surface area (TPSA) is 29.3 Å². The summed E-state index contributed by atoms with van der Waals surface area (Å²) in [6.07, 6.45) is 14.6. The molecular weight excluding hydrogens is 219 g/mol. The van der Waals surface area contributed by atoms with E-state index in [0.717, 1.165) is 0 Å². The Bertz CT molecular complexity index is 177. The zero-order valence-electron chi connectivity index (χ0n) is 12.4. The molecule has 0 amide bonds. The molecule has 1 saturated heterocycles. The van der Waals surface area contributed by atoms with Gasteiger partial charge < -0.3 is 10.5 Å². The number of hydrogen-bond acceptors (Lipinski definition) is 2. The van der Waals surface area contributed by atoms with E-state index in [4.69, 9.17) is 5.73 Å². The first-order valence-corrected chi connectivity index (χ1v) is 8.16. The van der Waals surface area contributed by atoms with Crippen molar-refractivity contribution in [3.8, 4) is 0 Å². The van der Waals surface area contributed by atoms with Crippen LogP contribution in [0.1, 0.15) is 71.1 Å². The van der Waals surface area contributed by atoms with Gasteiger partial charge in [-0.3, -0.25) is 0 Å². The molecule has 0 aromatic carbocycles. The lowest BCUT2D eigenvalue weighted by atomic mass is 9.81. The van der Waals surface area contributed by atoms with Crippen molar-refractivity contribution in [1.82, 2.24) is 4.81 Å². The maximum absolute atomic E-state index is 6.00. The minimum absolute atomic E-state index is 0.464. The molecule has 1 fully saturated rings. The zero-order valence-corrected chi connectivity index (χ0v) is 12.4. The summed E-state index contributed by atoms with van der Waals surface area (Å²) < 4.78 is 0. The van der Waals surface area contributed by atoms with Crippen LogP contribution in [0.4, 0.5) is 0 Å². The van der Waals surface area contributed by atoms with Crippen molar-refractivity contribution in [2.24, 2.45) is 5.73 Å². The Morgan fingerprint density at radius 3 is 2.28 bits per heavy atom. The van der Waals surface area contributed by atoms with Gasteiger partial charge in [-0.1, -0.05) is 51.8 Å². The van der Waals surface area contributed by atoms with Crippen molar-refractivity contribution >= 4 is 7.41 Å². The highest BCUT2D eigenvalue weighted by Crippen LogP contribution is 2.11. The van der Waals surface area contributed by atoms with E-state index >= 15 is 0 Å². The van der Waals surface area contributed by atoms with E-state index in [2.05, 4.69) is 19.1 Å². The van der Waals surface area contributed by atoms with Gasteiger partial charge in [-0.25, -0.2) is 0 Å². The lowest BCUT2D eigenvalue weighted by Gasteiger charge is -2.26. The fraction of sp³-hybridized carbons (Fsp3) is 1.00. The second kappa shape index (κ2) is 10.9. The number of nitrogens with two attached hydrogens (primary N) is 1. The first-order valence-electron chi connectivity index (χ1n) is 8.16. The molecule has 0 atom stereocenters. The Balaban J connectivity index is 1.94. The second-order valence-electron chi connectivity index (χ2n) is 5.82. The molecule has 0 unspecified atom stereocenters. The van der Waals surface area contributed by atoms with Gasteiger partial charge in [0.15, 0.2) is 0 Å². The summed E-state index contributed by atoms with van der Waals surface area (Å²) in [5, 5.41) is 0. The molecule has 2 nitrogen and oxygen atoms in total. The summed E-state index contributed by atoms with van der Waals surface area (Å²) in [5.41, 5.74) is 6.00. The maximum Gasteiger partial charge on any atom is 0.208 e. The quantitative estimate of drug-likeness (QED) is 0.527. The van der Waals surface area contributed by atoms with Gasteiger partial charge in [0.1, 0.15) is 0 Å². The van der Waals surface area contributed by atoms with E-state index in [-0.39, 0.29) is 0 Å². The van der Waals surface area contributed by atoms with E-state index in [1.54, 1.807) is 0 Å². The minimum Gasteiger partial charge on any atom is -0.347 e. The molecule has 1 aliphatic heterocycles. The third-order valence-corrected chi connectivity index (χ3v) is 3.99. The summed E-state index contributed by atoms with van der Waals surface area (Å²) in [6.45, 7) is 4.73. The number of hydrogen-bond donors (Lipinski definition) is 1. The first-order chi connectivity index (χ1) is 8.83. The molecular formula is C15H32BN2. The largest absolute Gasteiger partial charge is 0.347 e. The predicted molar refractivity (Wildman–Crippen MR) is 82.0 cm³/mol. The summed E-state index contributed by atoms with van der Waals surface area (Å²) >= 11 is 0. The molecule has 18 heavy (non-hydrogen) atoms. The van der Waals surface area contributed by atoms with Crippen LogP contribution in [0.15, 0.2) is 0 Å². The van der Waals surface area contributed by atoms with E-state index in [1.807, 2.05) is 0 Å². The summed E-state index contributed by atoms with van der Waals surface area (Å²) in [5.74, 6) is 0. The Hall–Kier alpha value is -0.0151. The molecule has 0 spiro atoms. The number of rotatable bonds is 8. The fourth-order valence-electron chi connectivity index (χ4n) is 2.75. The molecule has 0 saturated carbocycles. The molecule has 0 bridgehead atoms. The molecule has 3 heteroatoms. The molecule has 0 aromatic heterocycles. The highest BCUT2D eigenvalue weighted by molar-refractivity contribution is 6.31. The SMILES string of the molecule is CCCCCCCC[B]N1CCCC(N)CCC1. The third kappa shape index (κ3) is 8.15. The molecule has 1 heterocycles. The van der Waals surface area contributed by atoms with E-state index < -0.39 is 0 Å². The Morgan fingerprint density at radius 1 is 1.00 bits per heavy atom. The van der Waals surface area contributed by atoms with Crippen LogP contribution < -0.4 is 5.73 Å². The molecule has 2 N–H and O–H groups in total.